The number of allylic oxidation sites excluding steroid dienone is 1. The molecule has 1 saturated carbocycles. The highest BCUT2D eigenvalue weighted by Crippen LogP contribution is 2.26. The van der Waals surface area contributed by atoms with Gasteiger partial charge in [-0.25, -0.2) is 0 Å². The molecule has 4 heteroatoms. The summed E-state index contributed by atoms with van der Waals surface area (Å²) in [6.07, 6.45) is 8.66. The minimum absolute atomic E-state index is 0.0683. The first kappa shape index (κ1) is 11.6. The van der Waals surface area contributed by atoms with Crippen molar-refractivity contribution in [2.45, 2.75) is 51.5 Å². The van der Waals surface area contributed by atoms with Gasteiger partial charge in [-0.15, -0.1) is 0 Å². The third-order valence-electron chi connectivity index (χ3n) is 3.26. The monoisotopic (exact) mass is 238 g/mol. The highest BCUT2D eigenvalue weighted by Gasteiger charge is 2.35. The zero-order valence-corrected chi connectivity index (χ0v) is 10.5. The molecule has 88 valence electrons. The van der Waals surface area contributed by atoms with Crippen LogP contribution in [0.5, 0.6) is 0 Å². The summed E-state index contributed by atoms with van der Waals surface area (Å²) >= 11 is 5.24. The molecule has 0 atom stereocenters. The van der Waals surface area contributed by atoms with Crippen LogP contribution in [-0.4, -0.2) is 22.0 Å². The molecule has 1 saturated heterocycles. The number of hydrogen-bond acceptors (Lipinski definition) is 2. The Bertz CT molecular complexity index is 332. The van der Waals surface area contributed by atoms with Gasteiger partial charge in [-0.05, 0) is 31.5 Å². The van der Waals surface area contributed by atoms with Crippen molar-refractivity contribution in [3.05, 3.63) is 11.8 Å². The normalized spacial score (nSPS) is 25.3. The van der Waals surface area contributed by atoms with E-state index < -0.39 is 0 Å². The van der Waals surface area contributed by atoms with E-state index in [2.05, 4.69) is 5.32 Å². The molecule has 3 nitrogen and oxygen atoms in total. The lowest BCUT2D eigenvalue weighted by atomic mass is 9.94. The summed E-state index contributed by atoms with van der Waals surface area (Å²) < 4.78 is 0. The maximum Gasteiger partial charge on any atom is 0.276 e. The lowest BCUT2D eigenvalue weighted by Gasteiger charge is -2.29. The summed E-state index contributed by atoms with van der Waals surface area (Å²) in [5.41, 5.74) is 0.665. The van der Waals surface area contributed by atoms with Crippen LogP contribution < -0.4 is 5.32 Å². The predicted octanol–water partition coefficient (Wildman–Crippen LogP) is 2.33. The van der Waals surface area contributed by atoms with Crippen LogP contribution in [0.25, 0.3) is 0 Å². The molecule has 2 rings (SSSR count). The fourth-order valence-electron chi connectivity index (χ4n) is 2.46. The predicted molar refractivity (Wildman–Crippen MR) is 67.8 cm³/mol. The second-order valence-corrected chi connectivity index (χ2v) is 4.81. The molecule has 0 radical (unpaired) electrons. The molecule has 1 amide bonds. The molecule has 1 heterocycles. The summed E-state index contributed by atoms with van der Waals surface area (Å²) in [6, 6.07) is 0.323. The Morgan fingerprint density at radius 1 is 1.44 bits per heavy atom. The van der Waals surface area contributed by atoms with Crippen LogP contribution in [0.2, 0.25) is 0 Å². The first-order chi connectivity index (χ1) is 7.74. The number of amides is 1. The van der Waals surface area contributed by atoms with Crippen molar-refractivity contribution in [2.24, 2.45) is 0 Å². The fraction of sp³-hybridized carbons (Fsp3) is 0.667. The van der Waals surface area contributed by atoms with Crippen LogP contribution in [-0.2, 0) is 4.79 Å². The molecule has 0 aromatic carbocycles. The second-order valence-electron chi connectivity index (χ2n) is 4.42. The molecular formula is C12H18N2OS. The minimum atomic E-state index is 0.0683. The average molecular weight is 238 g/mol. The topological polar surface area (TPSA) is 32.3 Å². The Hall–Kier alpha value is -0.900. The van der Waals surface area contributed by atoms with E-state index in [0.717, 1.165) is 19.3 Å². The molecule has 1 N–H and O–H groups in total. The molecule has 1 aliphatic carbocycles. The minimum Gasteiger partial charge on any atom is -0.328 e. The Morgan fingerprint density at radius 2 is 2.12 bits per heavy atom. The third-order valence-corrected chi connectivity index (χ3v) is 3.56. The highest BCUT2D eigenvalue weighted by molar-refractivity contribution is 7.80. The van der Waals surface area contributed by atoms with E-state index in [1.807, 2.05) is 13.0 Å². The van der Waals surface area contributed by atoms with Gasteiger partial charge in [-0.2, -0.15) is 0 Å². The van der Waals surface area contributed by atoms with Crippen LogP contribution in [0, 0.1) is 0 Å². The Morgan fingerprint density at radius 3 is 2.75 bits per heavy atom. The molecule has 2 fully saturated rings. The third kappa shape index (κ3) is 2.12. The Balaban J connectivity index is 2.12. The lowest BCUT2D eigenvalue weighted by Crippen LogP contribution is -2.41. The molecule has 0 aromatic heterocycles. The van der Waals surface area contributed by atoms with Crippen LogP contribution in [0.4, 0.5) is 0 Å². The largest absolute Gasteiger partial charge is 0.328 e. The van der Waals surface area contributed by atoms with Crippen molar-refractivity contribution >= 4 is 23.2 Å². The molecule has 0 bridgehead atoms. The van der Waals surface area contributed by atoms with Gasteiger partial charge < -0.3 is 5.32 Å². The number of nitrogens with one attached hydrogen (secondary N) is 1. The first-order valence-corrected chi connectivity index (χ1v) is 6.49. The van der Waals surface area contributed by atoms with Gasteiger partial charge in [0.1, 0.15) is 5.70 Å². The molecular weight excluding hydrogens is 220 g/mol. The number of thiocarbonyl (C=S) groups is 1. The number of rotatable bonds is 2. The summed E-state index contributed by atoms with van der Waals surface area (Å²) in [4.78, 5) is 13.9. The van der Waals surface area contributed by atoms with Gasteiger partial charge in [0.2, 0.25) is 0 Å². The van der Waals surface area contributed by atoms with E-state index in [-0.39, 0.29) is 5.91 Å². The first-order valence-electron chi connectivity index (χ1n) is 6.08. The Kier molecular flexibility index (Phi) is 3.59. The second kappa shape index (κ2) is 4.95. The van der Waals surface area contributed by atoms with Crippen LogP contribution in [0.15, 0.2) is 11.8 Å². The van der Waals surface area contributed by atoms with Gasteiger partial charge in [-0.1, -0.05) is 32.3 Å². The molecule has 16 heavy (non-hydrogen) atoms. The summed E-state index contributed by atoms with van der Waals surface area (Å²) in [7, 11) is 0. The van der Waals surface area contributed by atoms with Gasteiger partial charge in [0.15, 0.2) is 5.11 Å². The Labute approximate surface area is 102 Å². The number of carbonyl (C=O) groups excluding carboxylic acids is 1. The maximum absolute atomic E-state index is 12.1. The van der Waals surface area contributed by atoms with Gasteiger partial charge in [0.05, 0.1) is 0 Å². The fourth-order valence-corrected chi connectivity index (χ4v) is 2.81. The van der Waals surface area contributed by atoms with Crippen molar-refractivity contribution in [1.29, 1.82) is 0 Å². The van der Waals surface area contributed by atoms with Crippen molar-refractivity contribution in [2.75, 3.05) is 0 Å². The van der Waals surface area contributed by atoms with Crippen LogP contribution >= 0.6 is 12.2 Å². The van der Waals surface area contributed by atoms with Crippen LogP contribution in [0.3, 0.4) is 0 Å². The molecule has 0 spiro atoms. The van der Waals surface area contributed by atoms with Crippen molar-refractivity contribution in [3.63, 3.8) is 0 Å². The summed E-state index contributed by atoms with van der Waals surface area (Å²) in [6.45, 7) is 2.02. The number of carbonyl (C=O) groups is 1. The maximum atomic E-state index is 12.1. The molecule has 2 aliphatic rings. The van der Waals surface area contributed by atoms with E-state index in [9.17, 15) is 4.79 Å². The van der Waals surface area contributed by atoms with E-state index in [1.54, 1.807) is 4.90 Å². The summed E-state index contributed by atoms with van der Waals surface area (Å²) in [5, 5.41) is 3.61. The van der Waals surface area contributed by atoms with E-state index in [1.165, 1.54) is 19.3 Å². The quantitative estimate of drug-likeness (QED) is 0.592. The standard InChI is InChI=1S/C12H18N2OS/c1-2-6-10-11(15)14(12(16)13-10)9-7-4-3-5-8-9/h6,9H,2-5,7-8H2,1H3,(H,13,16)/b10-6+. The molecule has 1 aliphatic heterocycles. The van der Waals surface area contributed by atoms with E-state index >= 15 is 0 Å². The number of hydrogen-bond donors (Lipinski definition) is 1. The van der Waals surface area contributed by atoms with Gasteiger partial charge in [0.25, 0.3) is 5.91 Å². The van der Waals surface area contributed by atoms with Crippen molar-refractivity contribution < 1.29 is 4.79 Å². The zero-order valence-electron chi connectivity index (χ0n) is 9.66. The number of nitrogens with zero attached hydrogens (tertiary/aromatic N) is 1. The van der Waals surface area contributed by atoms with E-state index in [4.69, 9.17) is 12.2 Å². The highest BCUT2D eigenvalue weighted by atomic mass is 32.1. The van der Waals surface area contributed by atoms with Crippen molar-refractivity contribution in [3.8, 4) is 0 Å². The van der Waals surface area contributed by atoms with Crippen molar-refractivity contribution in [1.82, 2.24) is 10.2 Å². The van der Waals surface area contributed by atoms with Gasteiger partial charge >= 0.3 is 0 Å². The van der Waals surface area contributed by atoms with Gasteiger partial charge in [0, 0.05) is 6.04 Å². The molecule has 0 unspecified atom stereocenters. The lowest BCUT2D eigenvalue weighted by molar-refractivity contribution is -0.124. The van der Waals surface area contributed by atoms with Crippen LogP contribution in [0.1, 0.15) is 45.4 Å². The molecule has 0 aromatic rings. The SMILES string of the molecule is CC/C=C1/NC(=S)N(C2CCCCC2)C1=O. The zero-order chi connectivity index (χ0) is 11.5. The van der Waals surface area contributed by atoms with Gasteiger partial charge in [-0.3, -0.25) is 9.69 Å². The van der Waals surface area contributed by atoms with E-state index in [0.29, 0.717) is 16.9 Å². The smallest absolute Gasteiger partial charge is 0.276 e. The average Bonchev–Trinajstić information content (AvgIpc) is 2.56. The summed E-state index contributed by atoms with van der Waals surface area (Å²) in [5.74, 6) is 0.0683.